The number of anilines is 1. The van der Waals surface area contributed by atoms with Gasteiger partial charge in [-0.05, 0) is 39.0 Å². The third-order valence-electron chi connectivity index (χ3n) is 2.19. The van der Waals surface area contributed by atoms with Gasteiger partial charge < -0.3 is 15.8 Å². The highest BCUT2D eigenvalue weighted by molar-refractivity contribution is 5.97. The van der Waals surface area contributed by atoms with Gasteiger partial charge >= 0.3 is 0 Å². The summed E-state index contributed by atoms with van der Waals surface area (Å²) in [5, 5.41) is 2.70. The molecule has 0 aliphatic rings. The van der Waals surface area contributed by atoms with E-state index in [0.29, 0.717) is 17.0 Å². The van der Waals surface area contributed by atoms with Crippen molar-refractivity contribution in [3.05, 3.63) is 23.8 Å². The molecule has 0 atom stereocenters. The molecule has 3 N–H and O–H groups in total. The Morgan fingerprint density at radius 3 is 2.61 bits per heavy atom. The molecule has 0 fully saturated rings. The van der Waals surface area contributed by atoms with E-state index in [9.17, 15) is 9.59 Å². The van der Waals surface area contributed by atoms with Crippen molar-refractivity contribution in [2.75, 3.05) is 12.3 Å². The van der Waals surface area contributed by atoms with Crippen LogP contribution in [-0.2, 0) is 4.79 Å². The molecule has 0 spiro atoms. The summed E-state index contributed by atoms with van der Waals surface area (Å²) >= 11 is 0. The Morgan fingerprint density at radius 2 is 2.06 bits per heavy atom. The number of ketones is 1. The van der Waals surface area contributed by atoms with Crippen molar-refractivity contribution in [2.45, 2.75) is 26.8 Å². The first kappa shape index (κ1) is 14.0. The first-order valence-corrected chi connectivity index (χ1v) is 5.72. The van der Waals surface area contributed by atoms with Crippen molar-refractivity contribution in [1.29, 1.82) is 0 Å². The standard InChI is InChI=1S/C13H18N2O3/c1-8(2)15-13(17)7-18-12-5-4-10(14)6-11(12)9(3)16/h4-6,8H,7,14H2,1-3H3,(H,15,17). The summed E-state index contributed by atoms with van der Waals surface area (Å²) in [5.74, 6) is -0.00602. The van der Waals surface area contributed by atoms with Crippen LogP contribution in [-0.4, -0.2) is 24.3 Å². The molecule has 0 saturated heterocycles. The molecule has 98 valence electrons. The van der Waals surface area contributed by atoms with E-state index in [1.807, 2.05) is 13.8 Å². The Bertz CT molecular complexity index is 456. The lowest BCUT2D eigenvalue weighted by Gasteiger charge is -2.12. The highest BCUT2D eigenvalue weighted by Crippen LogP contribution is 2.21. The van der Waals surface area contributed by atoms with Gasteiger partial charge in [0.25, 0.3) is 5.91 Å². The molecule has 1 aromatic rings. The molecule has 1 aromatic carbocycles. The fraction of sp³-hybridized carbons (Fsp3) is 0.385. The van der Waals surface area contributed by atoms with Gasteiger partial charge in [0.15, 0.2) is 12.4 Å². The summed E-state index contributed by atoms with van der Waals surface area (Å²) < 4.78 is 5.33. The summed E-state index contributed by atoms with van der Waals surface area (Å²) in [7, 11) is 0. The van der Waals surface area contributed by atoms with Gasteiger partial charge in [-0.15, -0.1) is 0 Å². The minimum atomic E-state index is -0.226. The number of nitrogens with two attached hydrogens (primary N) is 1. The number of nitrogen functional groups attached to an aromatic ring is 1. The van der Waals surface area contributed by atoms with E-state index >= 15 is 0 Å². The van der Waals surface area contributed by atoms with E-state index in [-0.39, 0.29) is 24.3 Å². The summed E-state index contributed by atoms with van der Waals surface area (Å²) in [4.78, 5) is 22.8. The topological polar surface area (TPSA) is 81.4 Å². The zero-order chi connectivity index (χ0) is 13.7. The first-order valence-electron chi connectivity index (χ1n) is 5.72. The molecule has 18 heavy (non-hydrogen) atoms. The molecule has 0 radical (unpaired) electrons. The smallest absolute Gasteiger partial charge is 0.258 e. The van der Waals surface area contributed by atoms with Crippen molar-refractivity contribution >= 4 is 17.4 Å². The third kappa shape index (κ3) is 4.08. The summed E-state index contributed by atoms with van der Waals surface area (Å²) in [6.45, 7) is 5.03. The van der Waals surface area contributed by atoms with Crippen molar-refractivity contribution in [2.24, 2.45) is 0 Å². The number of benzene rings is 1. The average Bonchev–Trinajstić information content (AvgIpc) is 2.26. The Hall–Kier alpha value is -2.04. The fourth-order valence-electron chi connectivity index (χ4n) is 1.46. The largest absolute Gasteiger partial charge is 0.483 e. The molecule has 1 amide bonds. The minimum absolute atomic E-state index is 0.0554. The zero-order valence-corrected chi connectivity index (χ0v) is 10.8. The maximum atomic E-state index is 11.4. The van der Waals surface area contributed by atoms with E-state index in [1.165, 1.54) is 13.0 Å². The van der Waals surface area contributed by atoms with Crippen LogP contribution in [0.25, 0.3) is 0 Å². The summed E-state index contributed by atoms with van der Waals surface area (Å²) in [5.41, 5.74) is 6.47. The third-order valence-corrected chi connectivity index (χ3v) is 2.19. The van der Waals surface area contributed by atoms with Crippen LogP contribution in [0.15, 0.2) is 18.2 Å². The van der Waals surface area contributed by atoms with Crippen LogP contribution >= 0.6 is 0 Å². The maximum absolute atomic E-state index is 11.4. The molecule has 0 aromatic heterocycles. The van der Waals surface area contributed by atoms with Crippen LogP contribution in [0.2, 0.25) is 0 Å². The van der Waals surface area contributed by atoms with Crippen LogP contribution in [0.1, 0.15) is 31.1 Å². The second-order valence-corrected chi connectivity index (χ2v) is 4.32. The van der Waals surface area contributed by atoms with E-state index in [0.717, 1.165) is 0 Å². The molecule has 0 aliphatic carbocycles. The maximum Gasteiger partial charge on any atom is 0.258 e. The molecular weight excluding hydrogens is 232 g/mol. The van der Waals surface area contributed by atoms with Gasteiger partial charge in [0.1, 0.15) is 5.75 Å². The van der Waals surface area contributed by atoms with E-state index in [1.54, 1.807) is 12.1 Å². The van der Waals surface area contributed by atoms with E-state index < -0.39 is 0 Å². The Labute approximate surface area is 106 Å². The molecular formula is C13H18N2O3. The number of hydrogen-bond donors (Lipinski definition) is 2. The van der Waals surface area contributed by atoms with Gasteiger partial charge in [-0.2, -0.15) is 0 Å². The Morgan fingerprint density at radius 1 is 1.39 bits per heavy atom. The van der Waals surface area contributed by atoms with Gasteiger partial charge in [-0.3, -0.25) is 9.59 Å². The second-order valence-electron chi connectivity index (χ2n) is 4.32. The first-order chi connectivity index (χ1) is 8.40. The van der Waals surface area contributed by atoms with Crippen molar-refractivity contribution < 1.29 is 14.3 Å². The average molecular weight is 250 g/mol. The molecule has 1 rings (SSSR count). The fourth-order valence-corrected chi connectivity index (χ4v) is 1.46. The molecule has 0 aliphatic heterocycles. The van der Waals surface area contributed by atoms with Crippen LogP contribution in [0, 0.1) is 0 Å². The lowest BCUT2D eigenvalue weighted by atomic mass is 10.1. The van der Waals surface area contributed by atoms with Crippen LogP contribution in [0.4, 0.5) is 5.69 Å². The van der Waals surface area contributed by atoms with Crippen molar-refractivity contribution in [3.8, 4) is 5.75 Å². The number of nitrogens with one attached hydrogen (secondary N) is 1. The number of amides is 1. The number of carbonyl (C=O) groups excluding carboxylic acids is 2. The lowest BCUT2D eigenvalue weighted by molar-refractivity contribution is -0.123. The van der Waals surface area contributed by atoms with Crippen LogP contribution in [0.3, 0.4) is 0 Å². The zero-order valence-electron chi connectivity index (χ0n) is 10.8. The normalized spacial score (nSPS) is 10.2. The van der Waals surface area contributed by atoms with Crippen molar-refractivity contribution in [1.82, 2.24) is 5.32 Å². The lowest BCUT2D eigenvalue weighted by Crippen LogP contribution is -2.34. The number of carbonyl (C=O) groups is 2. The quantitative estimate of drug-likeness (QED) is 0.611. The number of hydrogen-bond acceptors (Lipinski definition) is 4. The predicted octanol–water partition coefficient (Wildman–Crippen LogP) is 1.37. The van der Waals surface area contributed by atoms with Gasteiger partial charge in [0.05, 0.1) is 5.56 Å². The molecule has 0 saturated carbocycles. The van der Waals surface area contributed by atoms with Gasteiger partial charge in [-0.25, -0.2) is 0 Å². The van der Waals surface area contributed by atoms with Crippen LogP contribution < -0.4 is 15.8 Å². The minimum Gasteiger partial charge on any atom is -0.483 e. The number of Topliss-reactive ketones (excluding diaryl/α,β-unsaturated/α-hetero) is 1. The van der Waals surface area contributed by atoms with E-state index in [4.69, 9.17) is 10.5 Å². The summed E-state index contributed by atoms with van der Waals surface area (Å²) in [6.07, 6.45) is 0. The second kappa shape index (κ2) is 6.05. The predicted molar refractivity (Wildman–Crippen MR) is 69.6 cm³/mol. The highest BCUT2D eigenvalue weighted by atomic mass is 16.5. The number of ether oxygens (including phenoxy) is 1. The Balaban J connectivity index is 2.73. The number of rotatable bonds is 5. The van der Waals surface area contributed by atoms with E-state index in [2.05, 4.69) is 5.32 Å². The van der Waals surface area contributed by atoms with Gasteiger partial charge in [0.2, 0.25) is 0 Å². The highest BCUT2D eigenvalue weighted by Gasteiger charge is 2.11. The van der Waals surface area contributed by atoms with Gasteiger partial charge in [-0.1, -0.05) is 0 Å². The van der Waals surface area contributed by atoms with Crippen molar-refractivity contribution in [3.63, 3.8) is 0 Å². The molecule has 5 nitrogen and oxygen atoms in total. The summed E-state index contributed by atoms with van der Waals surface area (Å²) in [6, 6.07) is 4.81. The molecule has 0 heterocycles. The SMILES string of the molecule is CC(=O)c1cc(N)ccc1OCC(=O)NC(C)C. The molecule has 0 unspecified atom stereocenters. The molecule has 0 bridgehead atoms. The molecule has 5 heteroatoms. The monoisotopic (exact) mass is 250 g/mol. The van der Waals surface area contributed by atoms with Crippen LogP contribution in [0.5, 0.6) is 5.75 Å². The van der Waals surface area contributed by atoms with Gasteiger partial charge in [0, 0.05) is 11.7 Å². The Kier molecular flexibility index (Phi) is 4.71.